The highest BCUT2D eigenvalue weighted by Crippen LogP contribution is 2.35. The Hall–Kier alpha value is -1.41. The molecule has 0 aliphatic heterocycles. The first-order chi connectivity index (χ1) is 7.54. The van der Waals surface area contributed by atoms with Crippen LogP contribution in [-0.4, -0.2) is 30.0 Å². The van der Waals surface area contributed by atoms with Gasteiger partial charge in [-0.2, -0.15) is 22.0 Å². The van der Waals surface area contributed by atoms with Gasteiger partial charge in [-0.25, -0.2) is 0 Å². The van der Waals surface area contributed by atoms with Crippen LogP contribution in [0.15, 0.2) is 0 Å². The van der Waals surface area contributed by atoms with E-state index in [1.165, 1.54) is 6.92 Å². The van der Waals surface area contributed by atoms with Gasteiger partial charge in [-0.05, 0) is 6.42 Å². The number of nitrogens with one attached hydrogen (secondary N) is 1. The number of halogens is 5. The molecule has 0 bridgehead atoms. The third-order valence-corrected chi connectivity index (χ3v) is 1.81. The fraction of sp³-hybridized carbons (Fsp3) is 0.750. The van der Waals surface area contributed by atoms with Crippen molar-refractivity contribution in [1.82, 2.24) is 5.32 Å². The lowest BCUT2D eigenvalue weighted by atomic mass is 10.1. The lowest BCUT2D eigenvalue weighted by Crippen LogP contribution is -2.56. The van der Waals surface area contributed by atoms with E-state index in [9.17, 15) is 36.6 Å². The molecule has 1 unspecified atom stereocenters. The molecule has 0 heterocycles. The van der Waals surface area contributed by atoms with Crippen LogP contribution in [0.1, 0.15) is 19.8 Å². The molecule has 0 saturated carbocycles. The summed E-state index contributed by atoms with van der Waals surface area (Å²) < 4.78 is 60.1. The van der Waals surface area contributed by atoms with Gasteiger partial charge in [0.2, 0.25) is 0 Å². The maximum Gasteiger partial charge on any atom is 0.463 e. The van der Waals surface area contributed by atoms with Gasteiger partial charge in [-0.15, -0.1) is 0 Å². The van der Waals surface area contributed by atoms with Crippen LogP contribution in [0.2, 0.25) is 0 Å². The first-order valence-electron chi connectivity index (χ1n) is 4.50. The summed E-state index contributed by atoms with van der Waals surface area (Å²) in [6, 6.07) is -1.87. The van der Waals surface area contributed by atoms with Crippen molar-refractivity contribution in [1.29, 1.82) is 0 Å². The van der Waals surface area contributed by atoms with Crippen LogP contribution in [0.25, 0.3) is 0 Å². The minimum absolute atomic E-state index is 0.163. The number of carbonyl (C=O) groups excluding carboxylic acids is 2. The van der Waals surface area contributed by atoms with Crippen LogP contribution in [0.4, 0.5) is 22.0 Å². The second-order valence-electron chi connectivity index (χ2n) is 3.21. The number of aliphatic carboxylic acids is 1. The number of amides is 1. The summed E-state index contributed by atoms with van der Waals surface area (Å²) in [5.74, 6) is -10.3. The monoisotopic (exact) mass is 262 g/mol. The molecular weight excluding hydrogens is 253 g/mol. The van der Waals surface area contributed by atoms with Crippen molar-refractivity contribution in [2.75, 3.05) is 0 Å². The van der Waals surface area contributed by atoms with Gasteiger partial charge in [0.15, 0.2) is 0 Å². The molecule has 0 fully saturated rings. The van der Waals surface area contributed by atoms with E-state index in [0.717, 1.165) is 5.32 Å². The molecular formula is C8H9F5NO3-. The number of hydrogen-bond acceptors (Lipinski definition) is 3. The summed E-state index contributed by atoms with van der Waals surface area (Å²) in [7, 11) is 0. The van der Waals surface area contributed by atoms with Gasteiger partial charge in [0, 0.05) is 0 Å². The second kappa shape index (κ2) is 5.28. The molecule has 0 aliphatic rings. The number of carbonyl (C=O) groups is 2. The molecule has 0 radical (unpaired) electrons. The zero-order valence-electron chi connectivity index (χ0n) is 8.61. The molecule has 0 aromatic heterocycles. The Bertz CT molecular complexity index is 302. The molecule has 1 N–H and O–H groups in total. The Morgan fingerprint density at radius 3 is 2.00 bits per heavy atom. The van der Waals surface area contributed by atoms with Crippen molar-refractivity contribution >= 4 is 11.9 Å². The fourth-order valence-corrected chi connectivity index (χ4v) is 0.915. The molecule has 1 amide bonds. The lowest BCUT2D eigenvalue weighted by Gasteiger charge is -2.23. The normalized spacial score (nSPS) is 14.2. The first kappa shape index (κ1) is 15.6. The number of rotatable bonds is 5. The Morgan fingerprint density at radius 2 is 1.71 bits per heavy atom. The third-order valence-electron chi connectivity index (χ3n) is 1.81. The molecule has 0 saturated heterocycles. The van der Waals surface area contributed by atoms with Crippen molar-refractivity contribution in [3.63, 3.8) is 0 Å². The predicted molar refractivity (Wildman–Crippen MR) is 42.8 cm³/mol. The van der Waals surface area contributed by atoms with Crippen molar-refractivity contribution < 1.29 is 36.6 Å². The highest BCUT2D eigenvalue weighted by atomic mass is 19.4. The van der Waals surface area contributed by atoms with E-state index in [0.29, 0.717) is 0 Å². The zero-order chi connectivity index (χ0) is 13.9. The summed E-state index contributed by atoms with van der Waals surface area (Å²) >= 11 is 0. The van der Waals surface area contributed by atoms with Gasteiger partial charge in [0.05, 0.1) is 12.0 Å². The molecule has 100 valence electrons. The lowest BCUT2D eigenvalue weighted by molar-refractivity contribution is -0.309. The number of carboxylic acid groups (broad SMARTS) is 1. The van der Waals surface area contributed by atoms with Crippen LogP contribution in [0.5, 0.6) is 0 Å². The second-order valence-corrected chi connectivity index (χ2v) is 3.21. The molecule has 4 nitrogen and oxygen atoms in total. The summed E-state index contributed by atoms with van der Waals surface area (Å²) in [6.45, 7) is 1.46. The average Bonchev–Trinajstić information content (AvgIpc) is 2.14. The average molecular weight is 262 g/mol. The molecule has 0 spiro atoms. The van der Waals surface area contributed by atoms with E-state index in [1.54, 1.807) is 0 Å². The van der Waals surface area contributed by atoms with E-state index in [1.807, 2.05) is 0 Å². The summed E-state index contributed by atoms with van der Waals surface area (Å²) in [4.78, 5) is 21.0. The number of carboxylic acids is 1. The topological polar surface area (TPSA) is 69.2 Å². The molecule has 0 aromatic carbocycles. The SMILES string of the molecule is CCCC(NC(=O)C(F)(F)C(F)(F)F)C(=O)[O-]. The zero-order valence-corrected chi connectivity index (χ0v) is 8.61. The fourth-order valence-electron chi connectivity index (χ4n) is 0.915. The summed E-state index contributed by atoms with van der Waals surface area (Å²) in [5, 5.41) is 11.4. The quantitative estimate of drug-likeness (QED) is 0.720. The maximum absolute atomic E-state index is 12.4. The highest BCUT2D eigenvalue weighted by molar-refractivity contribution is 5.88. The number of alkyl halides is 5. The Labute approximate surface area is 92.8 Å². The van der Waals surface area contributed by atoms with Gasteiger partial charge in [0.1, 0.15) is 0 Å². The van der Waals surface area contributed by atoms with Crippen LogP contribution in [-0.2, 0) is 9.59 Å². The minimum Gasteiger partial charge on any atom is -0.548 e. The van der Waals surface area contributed by atoms with Crippen molar-refractivity contribution in [2.24, 2.45) is 0 Å². The molecule has 0 aliphatic carbocycles. The van der Waals surface area contributed by atoms with Crippen LogP contribution in [0, 0.1) is 0 Å². The van der Waals surface area contributed by atoms with Gasteiger partial charge >= 0.3 is 18.0 Å². The van der Waals surface area contributed by atoms with Crippen LogP contribution >= 0.6 is 0 Å². The summed E-state index contributed by atoms with van der Waals surface area (Å²) in [5.41, 5.74) is 0. The Balaban J connectivity index is 4.78. The van der Waals surface area contributed by atoms with Crippen LogP contribution < -0.4 is 10.4 Å². The van der Waals surface area contributed by atoms with E-state index < -0.39 is 30.0 Å². The van der Waals surface area contributed by atoms with Gasteiger partial charge in [-0.3, -0.25) is 4.79 Å². The largest absolute Gasteiger partial charge is 0.548 e. The molecule has 0 rings (SSSR count). The Kier molecular flexibility index (Phi) is 4.84. The molecule has 17 heavy (non-hydrogen) atoms. The third kappa shape index (κ3) is 3.82. The molecule has 0 aromatic rings. The minimum atomic E-state index is -6.07. The molecule has 9 heteroatoms. The standard InChI is InChI=1S/C8H10F5NO3/c1-2-3-4(5(15)16)14-6(17)7(9,10)8(11,12)13/h4H,2-3H2,1H3,(H,14,17)(H,15,16)/p-1. The van der Waals surface area contributed by atoms with E-state index in [2.05, 4.69) is 0 Å². The molecule has 1 atom stereocenters. The summed E-state index contributed by atoms with van der Waals surface area (Å²) in [6.07, 6.45) is -6.21. The highest BCUT2D eigenvalue weighted by Gasteiger charge is 2.63. The number of hydrogen-bond donors (Lipinski definition) is 1. The van der Waals surface area contributed by atoms with Gasteiger partial charge < -0.3 is 15.2 Å². The predicted octanol–water partition coefficient (Wildman–Crippen LogP) is 0.219. The van der Waals surface area contributed by atoms with Crippen LogP contribution in [0.3, 0.4) is 0 Å². The van der Waals surface area contributed by atoms with E-state index in [4.69, 9.17) is 0 Å². The first-order valence-corrected chi connectivity index (χ1v) is 4.50. The van der Waals surface area contributed by atoms with Crippen molar-refractivity contribution in [3.05, 3.63) is 0 Å². The van der Waals surface area contributed by atoms with Crippen molar-refractivity contribution in [2.45, 2.75) is 37.9 Å². The smallest absolute Gasteiger partial charge is 0.463 e. The van der Waals surface area contributed by atoms with Crippen molar-refractivity contribution in [3.8, 4) is 0 Å². The maximum atomic E-state index is 12.4. The van der Waals surface area contributed by atoms with Gasteiger partial charge in [0.25, 0.3) is 0 Å². The van der Waals surface area contributed by atoms with E-state index >= 15 is 0 Å². The van der Waals surface area contributed by atoms with Gasteiger partial charge in [-0.1, -0.05) is 13.3 Å². The van der Waals surface area contributed by atoms with E-state index in [-0.39, 0.29) is 12.8 Å². The Morgan fingerprint density at radius 1 is 1.24 bits per heavy atom.